The second kappa shape index (κ2) is 9.82. The molecule has 0 fully saturated rings. The highest BCUT2D eigenvalue weighted by atomic mass is 32.2. The summed E-state index contributed by atoms with van der Waals surface area (Å²) in [7, 11) is -2.30. The SMILES string of the molecule is CCOC(=O)Nc1nnc(SCC(=O)Nc2ccc(C)c(S(=O)(=O)NC)c2)s1. The number of aryl methyl sites for hydroxylation is 1. The van der Waals surface area contributed by atoms with Crippen LogP contribution in [0, 0.1) is 6.92 Å². The van der Waals surface area contributed by atoms with Gasteiger partial charge >= 0.3 is 6.09 Å². The van der Waals surface area contributed by atoms with E-state index >= 15 is 0 Å². The smallest absolute Gasteiger partial charge is 0.413 e. The van der Waals surface area contributed by atoms with Crippen LogP contribution < -0.4 is 15.4 Å². The van der Waals surface area contributed by atoms with Gasteiger partial charge in [-0.2, -0.15) is 0 Å². The third kappa shape index (κ3) is 6.15. The van der Waals surface area contributed by atoms with Crippen LogP contribution in [-0.4, -0.2) is 50.0 Å². The maximum atomic E-state index is 12.1. The Labute approximate surface area is 170 Å². The number of aromatic nitrogens is 2. The average molecular weight is 446 g/mol. The quantitative estimate of drug-likeness (QED) is 0.414. The Morgan fingerprint density at radius 3 is 2.68 bits per heavy atom. The van der Waals surface area contributed by atoms with Crippen LogP contribution in [0.3, 0.4) is 0 Å². The molecule has 0 spiro atoms. The molecule has 1 aromatic heterocycles. The average Bonchev–Trinajstić information content (AvgIpc) is 3.09. The summed E-state index contributed by atoms with van der Waals surface area (Å²) >= 11 is 2.24. The number of nitrogens with one attached hydrogen (secondary N) is 3. The predicted molar refractivity (Wildman–Crippen MR) is 107 cm³/mol. The number of carbonyl (C=O) groups is 2. The van der Waals surface area contributed by atoms with E-state index < -0.39 is 16.1 Å². The molecule has 10 nitrogen and oxygen atoms in total. The summed E-state index contributed by atoms with van der Waals surface area (Å²) in [5.41, 5.74) is 0.934. The van der Waals surface area contributed by atoms with Crippen molar-refractivity contribution in [1.29, 1.82) is 0 Å². The van der Waals surface area contributed by atoms with Crippen LogP contribution in [0.1, 0.15) is 12.5 Å². The Bertz CT molecular complexity index is 961. The van der Waals surface area contributed by atoms with E-state index in [9.17, 15) is 18.0 Å². The van der Waals surface area contributed by atoms with E-state index in [-0.39, 0.29) is 28.3 Å². The number of rotatable bonds is 8. The number of thioether (sulfide) groups is 1. The molecule has 1 heterocycles. The molecule has 13 heteroatoms. The molecule has 0 aliphatic rings. The molecule has 2 rings (SSSR count). The topological polar surface area (TPSA) is 139 Å². The molecule has 1 aromatic carbocycles. The Morgan fingerprint density at radius 1 is 1.25 bits per heavy atom. The highest BCUT2D eigenvalue weighted by Gasteiger charge is 2.16. The molecule has 0 aliphatic heterocycles. The van der Waals surface area contributed by atoms with Gasteiger partial charge < -0.3 is 10.1 Å². The lowest BCUT2D eigenvalue weighted by molar-refractivity contribution is -0.113. The van der Waals surface area contributed by atoms with Crippen LogP contribution in [0.25, 0.3) is 0 Å². The molecule has 152 valence electrons. The van der Waals surface area contributed by atoms with Crippen molar-refractivity contribution in [2.45, 2.75) is 23.1 Å². The molecule has 0 bridgehead atoms. The normalized spacial score (nSPS) is 11.1. The van der Waals surface area contributed by atoms with Gasteiger partial charge in [0.1, 0.15) is 0 Å². The zero-order chi connectivity index (χ0) is 20.7. The summed E-state index contributed by atoms with van der Waals surface area (Å²) in [5, 5.41) is 13.0. The Balaban J connectivity index is 1.94. The number of nitrogens with zero attached hydrogens (tertiary/aromatic N) is 2. The summed E-state index contributed by atoms with van der Waals surface area (Å²) < 4.78 is 31.5. The number of sulfonamides is 1. The molecule has 2 aromatic rings. The maximum absolute atomic E-state index is 12.1. The number of carbonyl (C=O) groups excluding carboxylic acids is 2. The summed E-state index contributed by atoms with van der Waals surface area (Å²) in [4.78, 5) is 23.6. The zero-order valence-corrected chi connectivity index (χ0v) is 17.8. The zero-order valence-electron chi connectivity index (χ0n) is 15.3. The summed E-state index contributed by atoms with van der Waals surface area (Å²) in [6.07, 6.45) is -0.625. The largest absolute Gasteiger partial charge is 0.450 e. The fourth-order valence-corrected chi connectivity index (χ4v) is 4.51. The van der Waals surface area contributed by atoms with Crippen molar-refractivity contribution in [3.8, 4) is 0 Å². The van der Waals surface area contributed by atoms with Crippen molar-refractivity contribution in [1.82, 2.24) is 14.9 Å². The van der Waals surface area contributed by atoms with Gasteiger partial charge in [0.05, 0.1) is 17.3 Å². The van der Waals surface area contributed by atoms with E-state index in [1.165, 1.54) is 13.1 Å². The molecule has 0 saturated carbocycles. The second-order valence-electron chi connectivity index (χ2n) is 5.24. The van der Waals surface area contributed by atoms with Gasteiger partial charge in [-0.05, 0) is 38.6 Å². The van der Waals surface area contributed by atoms with Gasteiger partial charge in [0.25, 0.3) is 0 Å². The second-order valence-corrected chi connectivity index (χ2v) is 9.30. The molecule has 0 aliphatic carbocycles. The van der Waals surface area contributed by atoms with Crippen LogP contribution >= 0.6 is 23.1 Å². The summed E-state index contributed by atoms with van der Waals surface area (Å²) in [5.74, 6) is -0.299. The Kier molecular flexibility index (Phi) is 7.74. The van der Waals surface area contributed by atoms with Gasteiger partial charge in [0.2, 0.25) is 21.1 Å². The lowest BCUT2D eigenvalue weighted by Gasteiger charge is -2.10. The first kappa shape index (κ1) is 22.1. The molecular formula is C15H19N5O5S3. The Hall–Kier alpha value is -2.22. The van der Waals surface area contributed by atoms with Crippen LogP contribution in [0.2, 0.25) is 0 Å². The first-order valence-electron chi connectivity index (χ1n) is 7.99. The lowest BCUT2D eigenvalue weighted by Crippen LogP contribution is -2.20. The van der Waals surface area contributed by atoms with Gasteiger partial charge in [-0.15, -0.1) is 10.2 Å². The number of hydrogen-bond acceptors (Lipinski definition) is 9. The van der Waals surface area contributed by atoms with Crippen molar-refractivity contribution >= 4 is 55.9 Å². The van der Waals surface area contributed by atoms with E-state index in [2.05, 4.69) is 25.6 Å². The minimum absolute atomic E-state index is 0.0377. The van der Waals surface area contributed by atoms with E-state index in [1.54, 1.807) is 26.0 Å². The molecule has 28 heavy (non-hydrogen) atoms. The summed E-state index contributed by atoms with van der Waals surface area (Å²) in [6.45, 7) is 3.59. The molecule has 0 saturated heterocycles. The molecule has 3 N–H and O–H groups in total. The van der Waals surface area contributed by atoms with Gasteiger partial charge in [-0.25, -0.2) is 17.9 Å². The summed E-state index contributed by atoms with van der Waals surface area (Å²) in [6, 6.07) is 4.64. The van der Waals surface area contributed by atoms with Crippen molar-refractivity contribution in [3.63, 3.8) is 0 Å². The van der Waals surface area contributed by atoms with Gasteiger partial charge in [-0.1, -0.05) is 29.2 Å². The highest BCUT2D eigenvalue weighted by Crippen LogP contribution is 2.26. The fourth-order valence-electron chi connectivity index (χ4n) is 1.97. The Morgan fingerprint density at radius 2 is 2.00 bits per heavy atom. The molecule has 0 unspecified atom stereocenters. The number of ether oxygens (including phenoxy) is 1. The third-order valence-corrected chi connectivity index (χ3v) is 6.78. The standard InChI is InChI=1S/C15H19N5O5S3/c1-4-25-14(22)18-13-19-20-15(27-13)26-8-12(21)17-10-6-5-9(2)11(7-10)28(23,24)16-3/h5-7,16H,4,8H2,1-3H3,(H,17,21)(H,18,19,22). The van der Waals surface area contributed by atoms with E-state index in [4.69, 9.17) is 4.74 Å². The van der Waals surface area contributed by atoms with Crippen molar-refractivity contribution in [3.05, 3.63) is 23.8 Å². The minimum atomic E-state index is -3.62. The van der Waals surface area contributed by atoms with E-state index in [0.29, 0.717) is 15.6 Å². The number of amides is 2. The van der Waals surface area contributed by atoms with Gasteiger partial charge in [-0.3, -0.25) is 10.1 Å². The van der Waals surface area contributed by atoms with Crippen LogP contribution in [0.15, 0.2) is 27.4 Å². The monoisotopic (exact) mass is 445 g/mol. The molecule has 0 radical (unpaired) electrons. The van der Waals surface area contributed by atoms with Gasteiger partial charge in [0.15, 0.2) is 4.34 Å². The third-order valence-electron chi connectivity index (χ3n) is 3.25. The minimum Gasteiger partial charge on any atom is -0.450 e. The van der Waals surface area contributed by atoms with Crippen molar-refractivity contribution in [2.24, 2.45) is 0 Å². The highest BCUT2D eigenvalue weighted by molar-refractivity contribution is 8.01. The van der Waals surface area contributed by atoms with Gasteiger partial charge in [0, 0.05) is 5.69 Å². The molecular weight excluding hydrogens is 426 g/mol. The van der Waals surface area contributed by atoms with Crippen molar-refractivity contribution < 1.29 is 22.7 Å². The van der Waals surface area contributed by atoms with E-state index in [1.807, 2.05) is 0 Å². The molecule has 0 atom stereocenters. The van der Waals surface area contributed by atoms with Crippen LogP contribution in [-0.2, 0) is 19.6 Å². The first-order valence-corrected chi connectivity index (χ1v) is 11.3. The lowest BCUT2D eigenvalue weighted by atomic mass is 10.2. The maximum Gasteiger partial charge on any atom is 0.413 e. The predicted octanol–water partition coefficient (Wildman–Crippen LogP) is 2.05. The van der Waals surface area contributed by atoms with Crippen LogP contribution in [0.4, 0.5) is 15.6 Å². The van der Waals surface area contributed by atoms with Crippen molar-refractivity contribution in [2.75, 3.05) is 30.0 Å². The first-order chi connectivity index (χ1) is 13.2. The number of hydrogen-bond donors (Lipinski definition) is 3. The van der Waals surface area contributed by atoms with Crippen LogP contribution in [0.5, 0.6) is 0 Å². The number of benzene rings is 1. The fraction of sp³-hybridized carbons (Fsp3) is 0.333. The van der Waals surface area contributed by atoms with E-state index in [0.717, 1.165) is 23.1 Å². The molecule has 2 amide bonds. The number of anilines is 2.